The zero-order valence-corrected chi connectivity index (χ0v) is 17.3. The largest absolute Gasteiger partial charge is 0.441 e. The summed E-state index contributed by atoms with van der Waals surface area (Å²) in [6, 6.07) is 11.0. The maximum Gasteiger partial charge on any atom is 0.407 e. The molecule has 30 heavy (non-hydrogen) atoms. The predicted molar refractivity (Wildman–Crippen MR) is 111 cm³/mol. The number of nitrogens with one attached hydrogen (secondary N) is 1. The van der Waals surface area contributed by atoms with E-state index in [1.807, 2.05) is 35.2 Å². The van der Waals surface area contributed by atoms with Crippen LogP contribution in [0.4, 0.5) is 4.79 Å². The molecule has 1 spiro atoms. The number of amides is 2. The summed E-state index contributed by atoms with van der Waals surface area (Å²) < 4.78 is 6.98. The Morgan fingerprint density at radius 3 is 2.67 bits per heavy atom. The van der Waals surface area contributed by atoms with E-state index in [9.17, 15) is 14.4 Å². The number of fused-ring (bicyclic) bond motifs is 1. The van der Waals surface area contributed by atoms with Gasteiger partial charge in [0, 0.05) is 31.3 Å². The van der Waals surface area contributed by atoms with Crippen LogP contribution >= 0.6 is 11.6 Å². The molecular weight excluding hydrogens is 406 g/mol. The Morgan fingerprint density at radius 2 is 1.93 bits per heavy atom. The summed E-state index contributed by atoms with van der Waals surface area (Å²) in [7, 11) is 1.70. The third kappa shape index (κ3) is 2.99. The molecule has 8 heteroatoms. The van der Waals surface area contributed by atoms with Crippen molar-refractivity contribution in [3.05, 3.63) is 68.6 Å². The quantitative estimate of drug-likeness (QED) is 0.813. The van der Waals surface area contributed by atoms with E-state index in [0.29, 0.717) is 25.1 Å². The van der Waals surface area contributed by atoms with Crippen molar-refractivity contribution >= 4 is 23.6 Å². The Labute approximate surface area is 178 Å². The number of hydrogen-bond acceptors (Lipinski definition) is 4. The first kappa shape index (κ1) is 19.2. The molecule has 0 bridgehead atoms. The van der Waals surface area contributed by atoms with Crippen LogP contribution in [-0.4, -0.2) is 40.2 Å². The van der Waals surface area contributed by atoms with E-state index in [1.165, 1.54) is 0 Å². The first-order valence-corrected chi connectivity index (χ1v) is 10.5. The van der Waals surface area contributed by atoms with E-state index in [4.69, 9.17) is 16.3 Å². The number of carbonyl (C=O) groups is 2. The van der Waals surface area contributed by atoms with Gasteiger partial charge in [0.15, 0.2) is 0 Å². The van der Waals surface area contributed by atoms with Crippen LogP contribution in [0.2, 0.25) is 5.02 Å². The summed E-state index contributed by atoms with van der Waals surface area (Å²) >= 11 is 5.96. The highest BCUT2D eigenvalue weighted by Crippen LogP contribution is 2.45. The van der Waals surface area contributed by atoms with E-state index in [2.05, 4.69) is 5.32 Å². The predicted octanol–water partition coefficient (Wildman–Crippen LogP) is 2.67. The lowest BCUT2D eigenvalue weighted by molar-refractivity contribution is -0.0555. The van der Waals surface area contributed by atoms with Crippen LogP contribution in [0.15, 0.2) is 41.2 Å². The highest BCUT2D eigenvalue weighted by molar-refractivity contribution is 6.30. The molecule has 1 aromatic heterocycles. The van der Waals surface area contributed by atoms with Gasteiger partial charge in [-0.05, 0) is 42.5 Å². The number of hydrogen-bond donors (Lipinski definition) is 1. The van der Waals surface area contributed by atoms with Gasteiger partial charge in [-0.15, -0.1) is 0 Å². The summed E-state index contributed by atoms with van der Waals surface area (Å²) in [5.41, 5.74) is 1.86. The molecule has 1 N–H and O–H groups in total. The standard InChI is InChI=1S/C22H22ClN3O4/c1-25-14(6-7-17(23)20(25)28)8-18-15-4-2-3-5-16(15)19(27)26(18)11-13-9-22(10-13)12-24-21(29)30-22/h2-7,13,18H,8-12H2,1H3,(H,24,29). The molecule has 1 aliphatic carbocycles. The van der Waals surface area contributed by atoms with Gasteiger partial charge < -0.3 is 19.5 Å². The van der Waals surface area contributed by atoms with Gasteiger partial charge in [-0.25, -0.2) is 4.79 Å². The normalized spacial score (nSPS) is 27.1. The third-order valence-electron chi connectivity index (χ3n) is 6.59. The minimum atomic E-state index is -0.410. The summed E-state index contributed by atoms with van der Waals surface area (Å²) in [6.07, 6.45) is 1.66. The maximum absolute atomic E-state index is 13.2. The topological polar surface area (TPSA) is 80.6 Å². The Morgan fingerprint density at radius 1 is 1.17 bits per heavy atom. The number of halogens is 1. The number of benzene rings is 1. The van der Waals surface area contributed by atoms with Crippen molar-refractivity contribution in [3.8, 4) is 0 Å². The van der Waals surface area contributed by atoms with Gasteiger partial charge in [-0.3, -0.25) is 9.59 Å². The molecule has 2 fully saturated rings. The highest BCUT2D eigenvalue weighted by Gasteiger charge is 2.52. The van der Waals surface area contributed by atoms with E-state index < -0.39 is 5.60 Å². The number of carbonyl (C=O) groups excluding carboxylic acids is 2. The number of alkyl carbamates (subject to hydrolysis) is 1. The molecule has 156 valence electrons. The van der Waals surface area contributed by atoms with Gasteiger partial charge in [-0.2, -0.15) is 0 Å². The summed E-state index contributed by atoms with van der Waals surface area (Å²) in [4.78, 5) is 38.8. The minimum Gasteiger partial charge on any atom is -0.441 e. The summed E-state index contributed by atoms with van der Waals surface area (Å²) in [5.74, 6) is 0.282. The Hall–Kier alpha value is -2.80. The zero-order chi connectivity index (χ0) is 21.0. The number of pyridine rings is 1. The molecule has 3 aliphatic rings. The fraction of sp³-hybridized carbons (Fsp3) is 0.409. The van der Waals surface area contributed by atoms with Gasteiger partial charge in [0.1, 0.15) is 10.6 Å². The van der Waals surface area contributed by atoms with E-state index in [1.54, 1.807) is 17.7 Å². The van der Waals surface area contributed by atoms with Crippen LogP contribution in [-0.2, 0) is 18.2 Å². The van der Waals surface area contributed by atoms with Crippen molar-refractivity contribution in [2.24, 2.45) is 13.0 Å². The molecule has 1 saturated heterocycles. The number of rotatable bonds is 4. The molecular formula is C22H22ClN3O4. The van der Waals surface area contributed by atoms with Crippen LogP contribution < -0.4 is 10.9 Å². The van der Waals surface area contributed by atoms with Crippen LogP contribution in [0.5, 0.6) is 0 Å². The SMILES string of the molecule is Cn1c(CC2c3ccccc3C(=O)N2CC2CC3(CNC(=O)O3)C2)ccc(Cl)c1=O. The summed E-state index contributed by atoms with van der Waals surface area (Å²) in [5, 5.41) is 2.90. The van der Waals surface area contributed by atoms with Gasteiger partial charge in [0.25, 0.3) is 11.5 Å². The average molecular weight is 428 g/mol. The van der Waals surface area contributed by atoms with Crippen LogP contribution in [0, 0.1) is 5.92 Å². The van der Waals surface area contributed by atoms with Gasteiger partial charge in [0.2, 0.25) is 0 Å². The Kier molecular flexibility index (Phi) is 4.39. The highest BCUT2D eigenvalue weighted by atomic mass is 35.5. The molecule has 2 aromatic rings. The van der Waals surface area contributed by atoms with Crippen LogP contribution in [0.25, 0.3) is 0 Å². The number of ether oxygens (including phenoxy) is 1. The summed E-state index contributed by atoms with van der Waals surface area (Å²) in [6.45, 7) is 1.13. The van der Waals surface area contributed by atoms with Crippen molar-refractivity contribution in [3.63, 3.8) is 0 Å². The van der Waals surface area contributed by atoms with Crippen molar-refractivity contribution in [2.75, 3.05) is 13.1 Å². The molecule has 1 unspecified atom stereocenters. The van der Waals surface area contributed by atoms with Gasteiger partial charge in [-0.1, -0.05) is 29.8 Å². The molecule has 1 aromatic carbocycles. The van der Waals surface area contributed by atoms with Crippen molar-refractivity contribution in [1.29, 1.82) is 0 Å². The van der Waals surface area contributed by atoms with Crippen molar-refractivity contribution in [2.45, 2.75) is 30.9 Å². The maximum atomic E-state index is 13.2. The Bertz CT molecular complexity index is 1110. The molecule has 2 amide bonds. The second-order valence-corrected chi connectivity index (χ2v) is 8.91. The third-order valence-corrected chi connectivity index (χ3v) is 6.88. The Balaban J connectivity index is 1.40. The lowest BCUT2D eigenvalue weighted by Gasteiger charge is -2.44. The molecule has 3 heterocycles. The number of aromatic nitrogens is 1. The first-order chi connectivity index (χ1) is 14.4. The second kappa shape index (κ2) is 6.87. The zero-order valence-electron chi connectivity index (χ0n) is 16.6. The molecule has 0 radical (unpaired) electrons. The average Bonchev–Trinajstić information content (AvgIpc) is 3.22. The fourth-order valence-corrected chi connectivity index (χ4v) is 5.24. The smallest absolute Gasteiger partial charge is 0.407 e. The lowest BCUT2D eigenvalue weighted by atomic mass is 9.70. The van der Waals surface area contributed by atoms with Crippen LogP contribution in [0.3, 0.4) is 0 Å². The fourth-order valence-electron chi connectivity index (χ4n) is 5.05. The van der Waals surface area contributed by atoms with E-state index in [-0.39, 0.29) is 34.5 Å². The second-order valence-electron chi connectivity index (χ2n) is 8.50. The van der Waals surface area contributed by atoms with E-state index >= 15 is 0 Å². The lowest BCUT2D eigenvalue weighted by Crippen LogP contribution is -2.51. The first-order valence-electron chi connectivity index (χ1n) is 10.1. The molecule has 2 aliphatic heterocycles. The van der Waals surface area contributed by atoms with Gasteiger partial charge in [0.05, 0.1) is 12.6 Å². The molecule has 5 rings (SSSR count). The van der Waals surface area contributed by atoms with Crippen molar-refractivity contribution < 1.29 is 14.3 Å². The number of nitrogens with zero attached hydrogens (tertiary/aromatic N) is 2. The molecule has 1 atom stereocenters. The van der Waals surface area contributed by atoms with E-state index in [0.717, 1.165) is 24.1 Å². The van der Waals surface area contributed by atoms with Gasteiger partial charge >= 0.3 is 6.09 Å². The van der Waals surface area contributed by atoms with Crippen molar-refractivity contribution in [1.82, 2.24) is 14.8 Å². The monoisotopic (exact) mass is 427 g/mol. The molecule has 1 saturated carbocycles. The van der Waals surface area contributed by atoms with Crippen LogP contribution in [0.1, 0.15) is 40.5 Å². The minimum absolute atomic E-state index is 0.0112. The molecule has 7 nitrogen and oxygen atoms in total.